The van der Waals surface area contributed by atoms with Crippen molar-refractivity contribution < 1.29 is 9.53 Å². The number of carbonyl (C=O) groups excluding carboxylic acids is 1. The highest BCUT2D eigenvalue weighted by atomic mass is 16.5. The number of hydrogen-bond donors (Lipinski definition) is 0. The third-order valence-electron chi connectivity index (χ3n) is 3.84. The largest absolute Gasteiger partial charge is 0.469 e. The average Bonchev–Trinajstić information content (AvgIpc) is 2.26. The molecule has 0 aliphatic heterocycles. The van der Waals surface area contributed by atoms with E-state index >= 15 is 0 Å². The van der Waals surface area contributed by atoms with Gasteiger partial charge in [0.25, 0.3) is 0 Å². The van der Waals surface area contributed by atoms with Crippen LogP contribution in [-0.4, -0.2) is 13.1 Å². The van der Waals surface area contributed by atoms with Crippen LogP contribution in [0.2, 0.25) is 0 Å². The van der Waals surface area contributed by atoms with Crippen molar-refractivity contribution in [3.63, 3.8) is 0 Å². The van der Waals surface area contributed by atoms with Crippen molar-refractivity contribution in [3.05, 3.63) is 23.3 Å². The number of allylic oxidation sites excluding steroid dienone is 4. The third kappa shape index (κ3) is 4.22. The van der Waals surface area contributed by atoms with Gasteiger partial charge in [-0.2, -0.15) is 0 Å². The van der Waals surface area contributed by atoms with E-state index in [9.17, 15) is 4.79 Å². The lowest BCUT2D eigenvalue weighted by atomic mass is 9.69. The highest BCUT2D eigenvalue weighted by Gasteiger charge is 2.32. The van der Waals surface area contributed by atoms with Gasteiger partial charge in [-0.1, -0.05) is 64.8 Å². The van der Waals surface area contributed by atoms with Gasteiger partial charge in [-0.15, -0.1) is 0 Å². The number of rotatable bonds is 2. The zero-order valence-corrected chi connectivity index (χ0v) is 13.5. The minimum atomic E-state index is -0.115. The van der Waals surface area contributed by atoms with Crippen LogP contribution in [0.25, 0.3) is 0 Å². The van der Waals surface area contributed by atoms with Crippen LogP contribution in [-0.2, 0) is 9.53 Å². The predicted molar refractivity (Wildman–Crippen MR) is 79.8 cm³/mol. The van der Waals surface area contributed by atoms with Crippen molar-refractivity contribution in [2.75, 3.05) is 7.11 Å². The number of hydrogen-bond acceptors (Lipinski definition) is 2. The lowest BCUT2D eigenvalue weighted by Gasteiger charge is -2.36. The SMILES string of the molecule is COC(=O)CC1CC(C(C)(C)C)=CC=C1C(C)(C)C. The third-order valence-corrected chi connectivity index (χ3v) is 3.84. The number of methoxy groups -OCH3 is 1. The van der Waals surface area contributed by atoms with E-state index < -0.39 is 0 Å². The molecule has 0 amide bonds. The Balaban J connectivity index is 3.05. The minimum Gasteiger partial charge on any atom is -0.469 e. The fourth-order valence-corrected chi connectivity index (χ4v) is 2.66. The van der Waals surface area contributed by atoms with E-state index in [0.29, 0.717) is 6.42 Å². The second kappa shape index (κ2) is 5.52. The van der Waals surface area contributed by atoms with E-state index in [1.54, 1.807) is 0 Å². The number of ether oxygens (including phenoxy) is 1. The molecule has 1 rings (SSSR count). The van der Waals surface area contributed by atoms with Crippen molar-refractivity contribution in [1.82, 2.24) is 0 Å². The first-order valence-electron chi connectivity index (χ1n) is 7.04. The van der Waals surface area contributed by atoms with Crippen LogP contribution in [0.15, 0.2) is 23.3 Å². The number of carbonyl (C=O) groups is 1. The van der Waals surface area contributed by atoms with Gasteiger partial charge < -0.3 is 4.74 Å². The molecule has 2 heteroatoms. The summed E-state index contributed by atoms with van der Waals surface area (Å²) in [5.41, 5.74) is 3.02. The lowest BCUT2D eigenvalue weighted by Crippen LogP contribution is -2.26. The predicted octanol–water partition coefficient (Wildman–Crippen LogP) is 4.51. The molecule has 0 heterocycles. The monoisotopic (exact) mass is 264 g/mol. The summed E-state index contributed by atoms with van der Waals surface area (Å²) < 4.78 is 4.85. The number of esters is 1. The standard InChI is InChI=1S/C17H28O2/c1-16(2,3)13-8-9-14(17(4,5)6)12(10-13)11-15(18)19-7/h8-9,12H,10-11H2,1-7H3. The summed E-state index contributed by atoms with van der Waals surface area (Å²) in [7, 11) is 1.46. The molecule has 0 saturated carbocycles. The molecule has 19 heavy (non-hydrogen) atoms. The van der Waals surface area contributed by atoms with Gasteiger partial charge in [0.1, 0.15) is 0 Å². The lowest BCUT2D eigenvalue weighted by molar-refractivity contribution is -0.141. The quantitative estimate of drug-likeness (QED) is 0.686. The van der Waals surface area contributed by atoms with Gasteiger partial charge in [0.15, 0.2) is 0 Å². The molecule has 1 unspecified atom stereocenters. The molecule has 0 fully saturated rings. The molecule has 2 nitrogen and oxygen atoms in total. The first-order valence-corrected chi connectivity index (χ1v) is 7.04. The Morgan fingerprint density at radius 1 is 1.16 bits per heavy atom. The second-order valence-corrected chi connectivity index (χ2v) is 7.50. The molecule has 0 spiro atoms. The summed E-state index contributed by atoms with van der Waals surface area (Å²) in [5.74, 6) is 0.155. The van der Waals surface area contributed by atoms with E-state index in [4.69, 9.17) is 4.74 Å². The molecule has 0 aromatic rings. The zero-order valence-electron chi connectivity index (χ0n) is 13.5. The van der Waals surface area contributed by atoms with Crippen molar-refractivity contribution in [3.8, 4) is 0 Å². The summed E-state index contributed by atoms with van der Waals surface area (Å²) in [6.07, 6.45) is 5.90. The highest BCUT2D eigenvalue weighted by Crippen LogP contribution is 2.43. The molecule has 108 valence electrons. The Morgan fingerprint density at radius 3 is 2.16 bits per heavy atom. The van der Waals surface area contributed by atoms with Crippen LogP contribution < -0.4 is 0 Å². The van der Waals surface area contributed by atoms with Gasteiger partial charge in [0.2, 0.25) is 0 Å². The van der Waals surface area contributed by atoms with E-state index in [2.05, 4.69) is 53.7 Å². The van der Waals surface area contributed by atoms with E-state index in [-0.39, 0.29) is 22.7 Å². The van der Waals surface area contributed by atoms with Crippen molar-refractivity contribution >= 4 is 5.97 Å². The van der Waals surface area contributed by atoms with Gasteiger partial charge >= 0.3 is 5.97 Å². The van der Waals surface area contributed by atoms with Crippen LogP contribution in [0, 0.1) is 16.7 Å². The molecule has 0 bridgehead atoms. The van der Waals surface area contributed by atoms with Crippen LogP contribution >= 0.6 is 0 Å². The molecule has 1 atom stereocenters. The summed E-state index contributed by atoms with van der Waals surface area (Å²) in [5, 5.41) is 0. The molecular formula is C17H28O2. The molecule has 0 aromatic carbocycles. The van der Waals surface area contributed by atoms with Gasteiger partial charge in [-0.25, -0.2) is 0 Å². The average molecular weight is 264 g/mol. The minimum absolute atomic E-state index is 0.0958. The Kier molecular flexibility index (Phi) is 4.65. The summed E-state index contributed by atoms with van der Waals surface area (Å²) >= 11 is 0. The molecule has 1 aliphatic rings. The fourth-order valence-electron chi connectivity index (χ4n) is 2.66. The maximum atomic E-state index is 11.6. The Labute approximate surface area is 117 Å². The first kappa shape index (κ1) is 16.0. The second-order valence-electron chi connectivity index (χ2n) is 7.50. The Morgan fingerprint density at radius 2 is 1.74 bits per heavy atom. The van der Waals surface area contributed by atoms with Gasteiger partial charge in [-0.3, -0.25) is 4.79 Å². The topological polar surface area (TPSA) is 26.3 Å². The molecule has 1 aliphatic carbocycles. The Bertz CT molecular complexity index is 400. The Hall–Kier alpha value is -1.05. The molecule has 0 N–H and O–H groups in total. The maximum Gasteiger partial charge on any atom is 0.306 e. The summed E-state index contributed by atoms with van der Waals surface area (Å²) in [6.45, 7) is 13.3. The summed E-state index contributed by atoms with van der Waals surface area (Å²) in [6, 6.07) is 0. The van der Waals surface area contributed by atoms with E-state index in [0.717, 1.165) is 6.42 Å². The van der Waals surface area contributed by atoms with Crippen LogP contribution in [0.5, 0.6) is 0 Å². The zero-order chi connectivity index (χ0) is 14.8. The molecule has 0 radical (unpaired) electrons. The van der Waals surface area contributed by atoms with Crippen LogP contribution in [0.3, 0.4) is 0 Å². The van der Waals surface area contributed by atoms with Crippen LogP contribution in [0.1, 0.15) is 54.4 Å². The maximum absolute atomic E-state index is 11.6. The molecule has 0 saturated heterocycles. The van der Waals surface area contributed by atoms with E-state index in [1.807, 2.05) is 0 Å². The van der Waals surface area contributed by atoms with Gasteiger partial charge in [0.05, 0.1) is 13.5 Å². The molecular weight excluding hydrogens is 236 g/mol. The highest BCUT2D eigenvalue weighted by molar-refractivity contribution is 5.70. The van der Waals surface area contributed by atoms with E-state index in [1.165, 1.54) is 18.3 Å². The van der Waals surface area contributed by atoms with Gasteiger partial charge in [0, 0.05) is 0 Å². The normalized spacial score (nSPS) is 20.7. The van der Waals surface area contributed by atoms with Crippen molar-refractivity contribution in [2.45, 2.75) is 54.4 Å². The van der Waals surface area contributed by atoms with Crippen LogP contribution in [0.4, 0.5) is 0 Å². The van der Waals surface area contributed by atoms with Crippen molar-refractivity contribution in [2.24, 2.45) is 16.7 Å². The molecule has 0 aromatic heterocycles. The first-order chi connectivity index (χ1) is 8.55. The van der Waals surface area contributed by atoms with Crippen molar-refractivity contribution in [1.29, 1.82) is 0 Å². The fraction of sp³-hybridized carbons (Fsp3) is 0.706. The smallest absolute Gasteiger partial charge is 0.306 e. The van der Waals surface area contributed by atoms with Gasteiger partial charge in [-0.05, 0) is 23.2 Å². The summed E-state index contributed by atoms with van der Waals surface area (Å²) in [4.78, 5) is 11.6.